The molecule has 1 aliphatic rings. The molecule has 1 saturated heterocycles. The summed E-state index contributed by atoms with van der Waals surface area (Å²) in [4.78, 5) is 0. The van der Waals surface area contributed by atoms with Gasteiger partial charge >= 0.3 is 17.1 Å². The van der Waals surface area contributed by atoms with E-state index in [0.29, 0.717) is 0 Å². The molecule has 0 unspecified atom stereocenters. The van der Waals surface area contributed by atoms with Crippen molar-refractivity contribution in [1.82, 2.24) is 0 Å². The minimum absolute atomic E-state index is 0.0183. The molecule has 0 spiro atoms. The van der Waals surface area contributed by atoms with Gasteiger partial charge < -0.3 is 18.4 Å². The Morgan fingerprint density at radius 3 is 1.50 bits per heavy atom. The number of hydrogen-bond acceptors (Lipinski definition) is 4. The normalized spacial score (nSPS) is 46.8. The molecule has 0 aromatic rings. The molecule has 0 saturated carbocycles. The Balaban J connectivity index is 2.42. The summed E-state index contributed by atoms with van der Waals surface area (Å²) in [7, 11) is -4.34. The van der Waals surface area contributed by atoms with Crippen molar-refractivity contribution >= 4 is 17.1 Å². The average molecular weight is 180 g/mol. The Labute approximate surface area is 61.9 Å². The van der Waals surface area contributed by atoms with Gasteiger partial charge in [0.15, 0.2) is 0 Å². The molecule has 0 aromatic carbocycles. The predicted octanol–water partition coefficient (Wildman–Crippen LogP) is -0.760. The molecule has 2 N–H and O–H groups in total. The van der Waals surface area contributed by atoms with Gasteiger partial charge in [-0.15, -0.1) is 0 Å². The van der Waals surface area contributed by atoms with Crippen LogP contribution in [0.1, 0.15) is 0 Å². The van der Waals surface area contributed by atoms with Gasteiger partial charge in [0.25, 0.3) is 0 Å². The Kier molecular flexibility index (Phi) is 2.01. The zero-order chi connectivity index (χ0) is 7.83. The van der Waals surface area contributed by atoms with E-state index in [4.69, 9.17) is 18.4 Å². The van der Waals surface area contributed by atoms with Crippen LogP contribution in [0.4, 0.5) is 0 Å². The molecule has 4 nitrogen and oxygen atoms in total. The first-order valence-corrected chi connectivity index (χ1v) is 8.20. The molecule has 0 radical (unpaired) electrons. The molecular weight excluding hydrogens is 168 g/mol. The van der Waals surface area contributed by atoms with E-state index >= 15 is 0 Å². The van der Waals surface area contributed by atoms with E-state index in [1.165, 1.54) is 0 Å². The van der Waals surface area contributed by atoms with Crippen LogP contribution in [0.2, 0.25) is 13.1 Å². The van der Waals surface area contributed by atoms with E-state index in [2.05, 4.69) is 0 Å². The van der Waals surface area contributed by atoms with E-state index < -0.39 is 17.1 Å². The summed E-state index contributed by atoms with van der Waals surface area (Å²) in [5.41, 5.74) is 0. The Morgan fingerprint density at radius 1 is 1.00 bits per heavy atom. The maximum Gasteiger partial charge on any atom is 0.343 e. The van der Waals surface area contributed by atoms with Crippen LogP contribution in [0.5, 0.6) is 0 Å². The van der Waals surface area contributed by atoms with Crippen LogP contribution >= 0.6 is 0 Å². The van der Waals surface area contributed by atoms with Gasteiger partial charge in [-0.25, -0.2) is 0 Å². The fraction of sp³-hybridized carbons (Fsp3) is 1.00. The van der Waals surface area contributed by atoms with Crippen molar-refractivity contribution in [2.45, 2.75) is 13.1 Å². The molecule has 1 aliphatic heterocycles. The predicted molar refractivity (Wildman–Crippen MR) is 39.6 cm³/mol. The summed E-state index contributed by atoms with van der Waals surface area (Å²) < 4.78 is 10.7. The molecule has 0 bridgehead atoms. The van der Waals surface area contributed by atoms with Crippen LogP contribution in [-0.4, -0.2) is 39.8 Å². The van der Waals surface area contributed by atoms with Crippen molar-refractivity contribution in [2.75, 3.05) is 12.5 Å². The molecule has 1 rings (SSSR count). The van der Waals surface area contributed by atoms with Crippen molar-refractivity contribution in [3.8, 4) is 0 Å². The quantitative estimate of drug-likeness (QED) is 0.549. The first-order valence-electron chi connectivity index (χ1n) is 3.16. The molecule has 1 heterocycles. The van der Waals surface area contributed by atoms with Crippen molar-refractivity contribution in [3.05, 3.63) is 0 Å². The first-order chi connectivity index (χ1) is 4.54. The average Bonchev–Trinajstić information content (AvgIpc) is 1.85. The summed E-state index contributed by atoms with van der Waals surface area (Å²) in [6.45, 7) is 3.58. The highest BCUT2D eigenvalue weighted by Crippen LogP contribution is 2.29. The third kappa shape index (κ3) is 1.31. The lowest BCUT2D eigenvalue weighted by Gasteiger charge is -2.48. The van der Waals surface area contributed by atoms with Gasteiger partial charge in [0.2, 0.25) is 0 Å². The van der Waals surface area contributed by atoms with Crippen LogP contribution in [0.3, 0.4) is 0 Å². The molecule has 60 valence electrons. The zero-order valence-electron chi connectivity index (χ0n) is 6.13. The minimum Gasteiger partial charge on any atom is -0.413 e. The van der Waals surface area contributed by atoms with Gasteiger partial charge in [0.1, 0.15) is 0 Å². The second-order valence-electron chi connectivity index (χ2n) is 2.79. The Hall–Kier alpha value is 0.274. The van der Waals surface area contributed by atoms with E-state index in [0.717, 1.165) is 0 Å². The lowest BCUT2D eigenvalue weighted by Crippen LogP contribution is -2.71. The topological polar surface area (TPSA) is 58.9 Å². The first kappa shape index (κ1) is 8.37. The highest BCUT2D eigenvalue weighted by atomic mass is 28.5. The SMILES string of the molecule is C[Si]1(CO)O[Si](C)(CO)O1. The molecule has 1 fully saturated rings. The smallest absolute Gasteiger partial charge is 0.343 e. The number of aliphatic hydroxyl groups excluding tert-OH is 2. The fourth-order valence-electron chi connectivity index (χ4n) is 1.05. The largest absolute Gasteiger partial charge is 0.413 e. The second-order valence-corrected chi connectivity index (χ2v) is 9.59. The minimum atomic E-state index is -2.17. The monoisotopic (exact) mass is 180 g/mol. The number of aliphatic hydroxyl groups is 2. The van der Waals surface area contributed by atoms with Gasteiger partial charge in [-0.3, -0.25) is 0 Å². The molecule has 0 atom stereocenters. The Morgan fingerprint density at radius 2 is 1.30 bits per heavy atom. The fourth-order valence-corrected chi connectivity index (χ4v) is 9.45. The number of hydrogen-bond donors (Lipinski definition) is 2. The molecule has 10 heavy (non-hydrogen) atoms. The van der Waals surface area contributed by atoms with Gasteiger partial charge in [0, 0.05) is 0 Å². The van der Waals surface area contributed by atoms with E-state index in [-0.39, 0.29) is 12.5 Å². The van der Waals surface area contributed by atoms with Crippen LogP contribution in [-0.2, 0) is 8.23 Å². The summed E-state index contributed by atoms with van der Waals surface area (Å²) in [6.07, 6.45) is -0.0365. The van der Waals surface area contributed by atoms with Gasteiger partial charge in [-0.1, -0.05) is 0 Å². The molecule has 0 aromatic heterocycles. The van der Waals surface area contributed by atoms with Crippen molar-refractivity contribution in [2.24, 2.45) is 0 Å². The van der Waals surface area contributed by atoms with Crippen LogP contribution in [0.15, 0.2) is 0 Å². The molecule has 6 heteroatoms. The summed E-state index contributed by atoms with van der Waals surface area (Å²) >= 11 is 0. The zero-order valence-corrected chi connectivity index (χ0v) is 8.13. The molecule has 0 amide bonds. The van der Waals surface area contributed by atoms with Crippen molar-refractivity contribution in [3.63, 3.8) is 0 Å². The van der Waals surface area contributed by atoms with Gasteiger partial charge in [-0.2, -0.15) is 0 Å². The van der Waals surface area contributed by atoms with Crippen LogP contribution in [0.25, 0.3) is 0 Å². The second kappa shape index (κ2) is 2.40. The van der Waals surface area contributed by atoms with E-state index in [9.17, 15) is 0 Å². The van der Waals surface area contributed by atoms with Crippen LogP contribution in [0, 0.1) is 0 Å². The van der Waals surface area contributed by atoms with Crippen molar-refractivity contribution in [1.29, 1.82) is 0 Å². The molecular formula is C4H12O4Si2. The molecule has 0 aliphatic carbocycles. The lowest BCUT2D eigenvalue weighted by atomic mass is 11.7. The highest BCUT2D eigenvalue weighted by molar-refractivity contribution is 6.93. The van der Waals surface area contributed by atoms with Crippen LogP contribution < -0.4 is 0 Å². The van der Waals surface area contributed by atoms with Gasteiger partial charge in [-0.05, 0) is 13.1 Å². The van der Waals surface area contributed by atoms with Crippen molar-refractivity contribution < 1.29 is 18.4 Å². The van der Waals surface area contributed by atoms with E-state index in [1.54, 1.807) is 13.1 Å². The Bertz CT molecular complexity index is 119. The summed E-state index contributed by atoms with van der Waals surface area (Å²) in [6, 6.07) is 0. The third-order valence-corrected chi connectivity index (χ3v) is 9.50. The maximum atomic E-state index is 8.73. The maximum absolute atomic E-state index is 8.73. The lowest BCUT2D eigenvalue weighted by molar-refractivity contribution is 0.156. The summed E-state index contributed by atoms with van der Waals surface area (Å²) in [5.74, 6) is 0. The summed E-state index contributed by atoms with van der Waals surface area (Å²) in [5, 5.41) is 17.5. The van der Waals surface area contributed by atoms with E-state index in [1.807, 2.05) is 0 Å². The van der Waals surface area contributed by atoms with Gasteiger partial charge in [0.05, 0.1) is 12.5 Å². The third-order valence-electron chi connectivity index (χ3n) is 1.44. The standard InChI is InChI=1S/C4H12O4Si2/c1-9(3-5)7-10(2,4-6)8-9/h5-6H,3-4H2,1-2H3. The number of rotatable bonds is 2. The highest BCUT2D eigenvalue weighted by Gasteiger charge is 2.56.